The van der Waals surface area contributed by atoms with E-state index in [9.17, 15) is 4.79 Å². The first-order valence-electron chi connectivity index (χ1n) is 8.18. The van der Waals surface area contributed by atoms with Gasteiger partial charge in [-0.25, -0.2) is 0 Å². The van der Waals surface area contributed by atoms with E-state index in [4.69, 9.17) is 4.74 Å². The van der Waals surface area contributed by atoms with Gasteiger partial charge in [-0.2, -0.15) is 0 Å². The zero-order chi connectivity index (χ0) is 13.7. The predicted molar refractivity (Wildman–Crippen MR) is 77.0 cm³/mol. The maximum Gasteiger partial charge on any atom is 0.323 e. The van der Waals surface area contributed by atoms with E-state index in [-0.39, 0.29) is 12.0 Å². The molecular formula is C16H29NO2. The summed E-state index contributed by atoms with van der Waals surface area (Å²) in [6.07, 6.45) is 9.94. The number of esters is 1. The van der Waals surface area contributed by atoms with Crippen LogP contribution in [0.4, 0.5) is 0 Å². The summed E-state index contributed by atoms with van der Waals surface area (Å²) in [4.78, 5) is 14.6. The highest BCUT2D eigenvalue weighted by atomic mass is 16.5. The Balaban J connectivity index is 1.94. The van der Waals surface area contributed by atoms with Crippen LogP contribution in [0.3, 0.4) is 0 Å². The third-order valence-electron chi connectivity index (χ3n) is 4.97. The van der Waals surface area contributed by atoms with E-state index in [2.05, 4.69) is 11.8 Å². The second kappa shape index (κ2) is 7.28. The summed E-state index contributed by atoms with van der Waals surface area (Å²) in [5.74, 6) is 0.932. The standard InChI is InChI=1S/C16H29NO2/c1-3-13-8-10-14(11-9-13)17-12-6-5-7-15(17)16(18)19-4-2/h13-15H,3-12H2,1-2H3. The van der Waals surface area contributed by atoms with E-state index in [1.165, 1.54) is 44.9 Å². The second-order valence-electron chi connectivity index (χ2n) is 6.08. The third kappa shape index (κ3) is 3.71. The van der Waals surface area contributed by atoms with Crippen molar-refractivity contribution in [1.29, 1.82) is 0 Å². The van der Waals surface area contributed by atoms with Gasteiger partial charge in [0, 0.05) is 6.04 Å². The van der Waals surface area contributed by atoms with E-state index >= 15 is 0 Å². The van der Waals surface area contributed by atoms with Crippen LogP contribution in [-0.4, -0.2) is 36.1 Å². The molecule has 0 radical (unpaired) electrons. The monoisotopic (exact) mass is 267 g/mol. The summed E-state index contributed by atoms with van der Waals surface area (Å²) >= 11 is 0. The molecule has 1 aliphatic carbocycles. The van der Waals surface area contributed by atoms with Crippen LogP contribution in [0, 0.1) is 5.92 Å². The van der Waals surface area contributed by atoms with Crippen molar-refractivity contribution in [3.05, 3.63) is 0 Å². The summed E-state index contributed by atoms with van der Waals surface area (Å²) in [5.41, 5.74) is 0. The highest BCUT2D eigenvalue weighted by Gasteiger charge is 2.35. The molecule has 1 saturated carbocycles. The summed E-state index contributed by atoms with van der Waals surface area (Å²) in [6.45, 7) is 5.79. The minimum absolute atomic E-state index is 0.0137. The van der Waals surface area contributed by atoms with Gasteiger partial charge in [-0.1, -0.05) is 19.8 Å². The molecule has 110 valence electrons. The molecule has 0 spiro atoms. The molecule has 0 N–H and O–H groups in total. The summed E-state index contributed by atoms with van der Waals surface area (Å²) < 4.78 is 5.26. The molecule has 1 saturated heterocycles. The molecule has 0 aromatic rings. The number of likely N-dealkylation sites (tertiary alicyclic amines) is 1. The first kappa shape index (κ1) is 14.8. The number of carbonyl (C=O) groups is 1. The smallest absolute Gasteiger partial charge is 0.323 e. The summed E-state index contributed by atoms with van der Waals surface area (Å²) in [6, 6.07) is 0.661. The van der Waals surface area contributed by atoms with Crippen molar-refractivity contribution in [3.8, 4) is 0 Å². The largest absolute Gasteiger partial charge is 0.465 e. The van der Waals surface area contributed by atoms with Gasteiger partial charge >= 0.3 is 5.97 Å². The molecule has 1 heterocycles. The van der Waals surface area contributed by atoms with Gasteiger partial charge in [-0.3, -0.25) is 9.69 Å². The minimum Gasteiger partial charge on any atom is -0.465 e. The number of hydrogen-bond acceptors (Lipinski definition) is 3. The van der Waals surface area contributed by atoms with Crippen LogP contribution < -0.4 is 0 Å². The minimum atomic E-state index is 0.0137. The zero-order valence-electron chi connectivity index (χ0n) is 12.6. The van der Waals surface area contributed by atoms with E-state index in [0.717, 1.165) is 18.9 Å². The molecule has 3 heteroatoms. The topological polar surface area (TPSA) is 29.5 Å². The zero-order valence-corrected chi connectivity index (χ0v) is 12.6. The molecule has 2 aliphatic rings. The van der Waals surface area contributed by atoms with E-state index in [1.807, 2.05) is 6.92 Å². The number of ether oxygens (including phenoxy) is 1. The Morgan fingerprint density at radius 3 is 2.47 bits per heavy atom. The average molecular weight is 267 g/mol. The van der Waals surface area contributed by atoms with E-state index in [0.29, 0.717) is 12.6 Å². The second-order valence-corrected chi connectivity index (χ2v) is 6.08. The van der Waals surface area contributed by atoms with Crippen molar-refractivity contribution < 1.29 is 9.53 Å². The molecule has 0 amide bonds. The average Bonchev–Trinajstić information content (AvgIpc) is 2.47. The molecule has 0 aromatic carbocycles. The van der Waals surface area contributed by atoms with Crippen LogP contribution in [0.1, 0.15) is 65.2 Å². The van der Waals surface area contributed by atoms with Crippen LogP contribution in [0.5, 0.6) is 0 Å². The Kier molecular flexibility index (Phi) is 5.68. The maximum absolute atomic E-state index is 12.1. The lowest BCUT2D eigenvalue weighted by atomic mass is 9.82. The summed E-state index contributed by atoms with van der Waals surface area (Å²) in [5, 5.41) is 0. The van der Waals surface area contributed by atoms with Crippen molar-refractivity contribution in [3.63, 3.8) is 0 Å². The number of piperidine rings is 1. The maximum atomic E-state index is 12.1. The Morgan fingerprint density at radius 1 is 1.11 bits per heavy atom. The van der Waals surface area contributed by atoms with Crippen LogP contribution in [0.15, 0.2) is 0 Å². The quantitative estimate of drug-likeness (QED) is 0.731. The van der Waals surface area contributed by atoms with Crippen LogP contribution in [0.2, 0.25) is 0 Å². The molecule has 1 aliphatic heterocycles. The Morgan fingerprint density at radius 2 is 1.84 bits per heavy atom. The van der Waals surface area contributed by atoms with Gasteiger partial charge in [0.2, 0.25) is 0 Å². The Bertz CT molecular complexity index is 284. The van der Waals surface area contributed by atoms with Gasteiger partial charge in [-0.05, 0) is 57.9 Å². The SMILES string of the molecule is CCOC(=O)C1CCCCN1C1CCC(CC)CC1. The number of carbonyl (C=O) groups excluding carboxylic acids is 1. The van der Waals surface area contributed by atoms with Gasteiger partial charge in [0.05, 0.1) is 6.61 Å². The number of hydrogen-bond donors (Lipinski definition) is 0. The van der Waals surface area contributed by atoms with Crippen molar-refractivity contribution >= 4 is 5.97 Å². The fourth-order valence-corrected chi connectivity index (χ4v) is 3.77. The van der Waals surface area contributed by atoms with Gasteiger partial charge in [0.25, 0.3) is 0 Å². The molecule has 0 bridgehead atoms. The van der Waals surface area contributed by atoms with Crippen LogP contribution >= 0.6 is 0 Å². The first-order chi connectivity index (χ1) is 9.26. The lowest BCUT2D eigenvalue weighted by Gasteiger charge is -2.42. The van der Waals surface area contributed by atoms with Gasteiger partial charge < -0.3 is 4.74 Å². The van der Waals surface area contributed by atoms with E-state index < -0.39 is 0 Å². The molecule has 1 atom stereocenters. The Labute approximate surface area is 117 Å². The molecule has 2 fully saturated rings. The van der Waals surface area contributed by atoms with Gasteiger partial charge in [-0.15, -0.1) is 0 Å². The lowest BCUT2D eigenvalue weighted by molar-refractivity contribution is -0.152. The third-order valence-corrected chi connectivity index (χ3v) is 4.97. The molecule has 1 unspecified atom stereocenters. The lowest BCUT2D eigenvalue weighted by Crippen LogP contribution is -2.51. The normalized spacial score (nSPS) is 33.1. The molecule has 19 heavy (non-hydrogen) atoms. The van der Waals surface area contributed by atoms with Crippen LogP contribution in [0.25, 0.3) is 0 Å². The Hall–Kier alpha value is -0.570. The fourth-order valence-electron chi connectivity index (χ4n) is 3.77. The van der Waals surface area contributed by atoms with Gasteiger partial charge in [0.15, 0.2) is 0 Å². The molecule has 3 nitrogen and oxygen atoms in total. The van der Waals surface area contributed by atoms with Crippen molar-refractivity contribution in [2.45, 2.75) is 77.3 Å². The van der Waals surface area contributed by atoms with E-state index in [1.54, 1.807) is 0 Å². The highest BCUT2D eigenvalue weighted by molar-refractivity contribution is 5.75. The molecule has 0 aromatic heterocycles. The van der Waals surface area contributed by atoms with Crippen molar-refractivity contribution in [2.75, 3.05) is 13.2 Å². The number of nitrogens with zero attached hydrogens (tertiary/aromatic N) is 1. The molecular weight excluding hydrogens is 238 g/mol. The first-order valence-corrected chi connectivity index (χ1v) is 8.18. The fraction of sp³-hybridized carbons (Fsp3) is 0.938. The highest BCUT2D eigenvalue weighted by Crippen LogP contribution is 2.32. The van der Waals surface area contributed by atoms with Crippen molar-refractivity contribution in [2.24, 2.45) is 5.92 Å². The van der Waals surface area contributed by atoms with Crippen LogP contribution in [-0.2, 0) is 9.53 Å². The predicted octanol–water partition coefficient (Wildman–Crippen LogP) is 3.37. The summed E-state index contributed by atoms with van der Waals surface area (Å²) in [7, 11) is 0. The van der Waals surface area contributed by atoms with Crippen molar-refractivity contribution in [1.82, 2.24) is 4.90 Å². The molecule has 2 rings (SSSR count). The number of rotatable bonds is 4. The van der Waals surface area contributed by atoms with Gasteiger partial charge in [0.1, 0.15) is 6.04 Å².